The Bertz CT molecular complexity index is 671. The van der Waals surface area contributed by atoms with Gasteiger partial charge in [0.2, 0.25) is 0 Å². The van der Waals surface area contributed by atoms with Gasteiger partial charge in [-0.05, 0) is 32.3 Å². The zero-order valence-electron chi connectivity index (χ0n) is 11.2. The third-order valence-electron chi connectivity index (χ3n) is 3.34. The van der Waals surface area contributed by atoms with Gasteiger partial charge in [0.05, 0.1) is 5.56 Å². The number of anilines is 1. The van der Waals surface area contributed by atoms with Gasteiger partial charge in [-0.2, -0.15) is 5.26 Å². The highest BCUT2D eigenvalue weighted by Gasteiger charge is 2.15. The van der Waals surface area contributed by atoms with E-state index in [1.165, 1.54) is 11.1 Å². The normalized spacial score (nSPS) is 14.7. The lowest BCUT2D eigenvalue weighted by Gasteiger charge is -2.05. The number of nitriles is 1. The SMILES string of the molecule is CCC1=C(C)N=c2sc(NC)c(C#N)c2=C(C)C1. The molecule has 0 aromatic carbocycles. The van der Waals surface area contributed by atoms with Gasteiger partial charge in [-0.3, -0.25) is 0 Å². The molecule has 3 nitrogen and oxygen atoms in total. The van der Waals surface area contributed by atoms with E-state index in [1.807, 2.05) is 7.05 Å². The Labute approximate surface area is 111 Å². The quantitative estimate of drug-likeness (QED) is 0.887. The van der Waals surface area contributed by atoms with Crippen molar-refractivity contribution in [3.63, 3.8) is 0 Å². The zero-order chi connectivity index (χ0) is 13.3. The van der Waals surface area contributed by atoms with Crippen molar-refractivity contribution < 1.29 is 0 Å². The van der Waals surface area contributed by atoms with Crippen molar-refractivity contribution in [2.24, 2.45) is 4.99 Å². The van der Waals surface area contributed by atoms with Crippen LogP contribution in [-0.4, -0.2) is 7.05 Å². The van der Waals surface area contributed by atoms with E-state index in [4.69, 9.17) is 4.99 Å². The number of hydrogen-bond donors (Lipinski definition) is 1. The maximum Gasteiger partial charge on any atom is 0.126 e. The summed E-state index contributed by atoms with van der Waals surface area (Å²) in [6, 6.07) is 2.31. The largest absolute Gasteiger partial charge is 0.379 e. The Hall–Kier alpha value is -1.60. The second kappa shape index (κ2) is 4.95. The molecule has 0 unspecified atom stereocenters. The molecule has 2 rings (SSSR count). The summed E-state index contributed by atoms with van der Waals surface area (Å²) in [5, 5.41) is 14.4. The van der Waals surface area contributed by atoms with Crippen molar-refractivity contribution >= 4 is 21.9 Å². The van der Waals surface area contributed by atoms with Crippen molar-refractivity contribution in [2.45, 2.75) is 33.6 Å². The van der Waals surface area contributed by atoms with Gasteiger partial charge in [-0.15, -0.1) is 0 Å². The highest BCUT2D eigenvalue weighted by molar-refractivity contribution is 7.14. The van der Waals surface area contributed by atoms with E-state index in [0.717, 1.165) is 39.0 Å². The Kier molecular flexibility index (Phi) is 3.53. The number of thiophene rings is 1. The highest BCUT2D eigenvalue weighted by Crippen LogP contribution is 2.23. The predicted molar refractivity (Wildman–Crippen MR) is 76.1 cm³/mol. The average Bonchev–Trinajstić information content (AvgIpc) is 2.67. The summed E-state index contributed by atoms with van der Waals surface area (Å²) < 4.78 is 0.967. The second-order valence-electron chi connectivity index (χ2n) is 4.46. The first kappa shape index (κ1) is 12.8. The van der Waals surface area contributed by atoms with Crippen molar-refractivity contribution in [2.75, 3.05) is 12.4 Å². The minimum atomic E-state index is 0.740. The zero-order valence-corrected chi connectivity index (χ0v) is 12.0. The highest BCUT2D eigenvalue weighted by atomic mass is 32.1. The number of fused-ring (bicyclic) bond motifs is 1. The first-order chi connectivity index (χ1) is 8.62. The molecule has 94 valence electrons. The fraction of sp³-hybridized carbons (Fsp3) is 0.429. The number of hydrogen-bond acceptors (Lipinski definition) is 4. The van der Waals surface area contributed by atoms with Gasteiger partial charge in [0.1, 0.15) is 15.7 Å². The Morgan fingerprint density at radius 3 is 2.72 bits per heavy atom. The summed E-state index contributed by atoms with van der Waals surface area (Å²) in [7, 11) is 1.85. The third kappa shape index (κ3) is 1.95. The minimum Gasteiger partial charge on any atom is -0.379 e. The van der Waals surface area contributed by atoms with Gasteiger partial charge < -0.3 is 5.32 Å². The van der Waals surface area contributed by atoms with Crippen LogP contribution >= 0.6 is 11.3 Å². The van der Waals surface area contributed by atoms with Crippen molar-refractivity contribution in [3.05, 3.63) is 26.7 Å². The third-order valence-corrected chi connectivity index (χ3v) is 4.44. The second-order valence-corrected chi connectivity index (χ2v) is 5.46. The van der Waals surface area contributed by atoms with Crippen LogP contribution in [-0.2, 0) is 0 Å². The van der Waals surface area contributed by atoms with Crippen LogP contribution in [0.3, 0.4) is 0 Å². The molecule has 1 aliphatic heterocycles. The van der Waals surface area contributed by atoms with E-state index in [1.54, 1.807) is 11.3 Å². The lowest BCUT2D eigenvalue weighted by Crippen LogP contribution is -2.23. The summed E-state index contributed by atoms with van der Waals surface area (Å²) in [5.41, 5.74) is 4.45. The first-order valence-electron chi connectivity index (χ1n) is 6.10. The van der Waals surface area contributed by atoms with Crippen molar-refractivity contribution in [1.29, 1.82) is 5.26 Å². The summed E-state index contributed by atoms with van der Waals surface area (Å²) in [4.78, 5) is 4.71. The lowest BCUT2D eigenvalue weighted by atomic mass is 10.0. The van der Waals surface area contributed by atoms with E-state index < -0.39 is 0 Å². The monoisotopic (exact) mass is 259 g/mol. The standard InChI is InChI=1S/C14H17N3S/c1-5-10-6-8(2)12-11(7-15)13(16-4)18-14(12)17-9(10)3/h16H,5-6H2,1-4H3. The van der Waals surface area contributed by atoms with Gasteiger partial charge in [0.15, 0.2) is 0 Å². The van der Waals surface area contributed by atoms with E-state index in [-0.39, 0.29) is 0 Å². The Balaban J connectivity index is 2.84. The van der Waals surface area contributed by atoms with E-state index in [2.05, 4.69) is 32.2 Å². The topological polar surface area (TPSA) is 48.2 Å². The molecule has 1 aromatic rings. The van der Waals surface area contributed by atoms with Gasteiger partial charge >= 0.3 is 0 Å². The molecule has 2 heterocycles. The van der Waals surface area contributed by atoms with Crippen LogP contribution in [0, 0.1) is 11.3 Å². The maximum absolute atomic E-state index is 9.34. The molecular formula is C14H17N3S. The molecule has 0 atom stereocenters. The summed E-state index contributed by atoms with van der Waals surface area (Å²) >= 11 is 1.56. The smallest absolute Gasteiger partial charge is 0.126 e. The van der Waals surface area contributed by atoms with Gasteiger partial charge in [0, 0.05) is 18.0 Å². The Morgan fingerprint density at radius 2 is 2.17 bits per heavy atom. The van der Waals surface area contributed by atoms with Gasteiger partial charge in [-0.1, -0.05) is 23.8 Å². The first-order valence-corrected chi connectivity index (χ1v) is 6.91. The number of allylic oxidation sites excluding steroid dienone is 2. The lowest BCUT2D eigenvalue weighted by molar-refractivity contribution is 0.986. The molecule has 0 fully saturated rings. The van der Waals surface area contributed by atoms with Crippen molar-refractivity contribution in [3.8, 4) is 6.07 Å². The predicted octanol–water partition coefficient (Wildman–Crippen LogP) is 2.54. The van der Waals surface area contributed by atoms with E-state index in [0.29, 0.717) is 0 Å². The molecule has 0 saturated carbocycles. The fourth-order valence-electron chi connectivity index (χ4n) is 2.33. The molecule has 0 spiro atoms. The van der Waals surface area contributed by atoms with Crippen LogP contribution in [0.5, 0.6) is 0 Å². The Morgan fingerprint density at radius 1 is 1.44 bits per heavy atom. The molecular weight excluding hydrogens is 242 g/mol. The molecule has 0 aliphatic carbocycles. The summed E-state index contributed by atoms with van der Waals surface area (Å²) in [5.74, 6) is 0. The molecule has 0 bridgehead atoms. The van der Waals surface area contributed by atoms with Crippen LogP contribution in [0.15, 0.2) is 16.3 Å². The molecule has 1 aliphatic rings. The average molecular weight is 259 g/mol. The fourth-order valence-corrected chi connectivity index (χ4v) is 3.43. The van der Waals surface area contributed by atoms with Crippen molar-refractivity contribution in [1.82, 2.24) is 0 Å². The van der Waals surface area contributed by atoms with Gasteiger partial charge in [-0.25, -0.2) is 4.99 Å². The molecule has 4 heteroatoms. The van der Waals surface area contributed by atoms with E-state index in [9.17, 15) is 5.26 Å². The number of rotatable bonds is 2. The molecule has 1 aromatic heterocycles. The molecule has 0 radical (unpaired) electrons. The minimum absolute atomic E-state index is 0.740. The molecule has 1 N–H and O–H groups in total. The maximum atomic E-state index is 9.34. The van der Waals surface area contributed by atoms with Crippen LogP contribution in [0.1, 0.15) is 39.2 Å². The van der Waals surface area contributed by atoms with Crippen LogP contribution < -0.4 is 15.2 Å². The van der Waals surface area contributed by atoms with Crippen LogP contribution in [0.2, 0.25) is 0 Å². The number of nitrogens with zero attached hydrogens (tertiary/aromatic N) is 2. The molecule has 0 amide bonds. The van der Waals surface area contributed by atoms with Crippen LogP contribution in [0.25, 0.3) is 5.57 Å². The summed E-state index contributed by atoms with van der Waals surface area (Å²) in [6.07, 6.45) is 1.94. The van der Waals surface area contributed by atoms with Gasteiger partial charge in [0.25, 0.3) is 0 Å². The van der Waals surface area contributed by atoms with E-state index >= 15 is 0 Å². The summed E-state index contributed by atoms with van der Waals surface area (Å²) in [6.45, 7) is 6.33. The van der Waals surface area contributed by atoms with Crippen LogP contribution in [0.4, 0.5) is 5.00 Å². The molecule has 18 heavy (non-hydrogen) atoms. The molecule has 0 saturated heterocycles. The number of nitrogens with one attached hydrogen (secondary N) is 1.